The van der Waals surface area contributed by atoms with Gasteiger partial charge in [0.2, 0.25) is 0 Å². The van der Waals surface area contributed by atoms with Crippen molar-refractivity contribution in [3.05, 3.63) is 34.1 Å². The Bertz CT molecular complexity index is 397. The maximum absolute atomic E-state index is 13.8. The van der Waals surface area contributed by atoms with Gasteiger partial charge in [-0.3, -0.25) is 11.3 Å². The van der Waals surface area contributed by atoms with Crippen molar-refractivity contribution in [1.82, 2.24) is 5.43 Å². The van der Waals surface area contributed by atoms with Crippen LogP contribution >= 0.6 is 15.9 Å². The minimum atomic E-state index is -0.208. The maximum atomic E-state index is 13.8. The number of hydrogen-bond donors (Lipinski definition) is 2. The van der Waals surface area contributed by atoms with Gasteiger partial charge in [-0.05, 0) is 43.4 Å². The average Bonchev–Trinajstić information content (AvgIpc) is 2.39. The molecule has 0 saturated carbocycles. The van der Waals surface area contributed by atoms with Gasteiger partial charge in [-0.2, -0.15) is 0 Å². The van der Waals surface area contributed by atoms with Crippen molar-refractivity contribution < 1.29 is 9.13 Å². The molecule has 2 rings (SSSR count). The van der Waals surface area contributed by atoms with Crippen LogP contribution in [0.15, 0.2) is 22.7 Å². The summed E-state index contributed by atoms with van der Waals surface area (Å²) in [6.45, 7) is 0.770. The minimum absolute atomic E-state index is 0.0408. The summed E-state index contributed by atoms with van der Waals surface area (Å²) in [4.78, 5) is 0. The molecule has 1 aliphatic rings. The van der Waals surface area contributed by atoms with Crippen molar-refractivity contribution in [3.8, 4) is 0 Å². The van der Waals surface area contributed by atoms with Gasteiger partial charge in [-0.25, -0.2) is 4.39 Å². The van der Waals surface area contributed by atoms with Gasteiger partial charge in [0.05, 0.1) is 12.1 Å². The van der Waals surface area contributed by atoms with Gasteiger partial charge >= 0.3 is 0 Å². The first-order chi connectivity index (χ1) is 8.70. The summed E-state index contributed by atoms with van der Waals surface area (Å²) in [5.41, 5.74) is 3.42. The fourth-order valence-electron chi connectivity index (χ4n) is 2.30. The Balaban J connectivity index is 2.04. The summed E-state index contributed by atoms with van der Waals surface area (Å²) >= 11 is 3.25. The van der Waals surface area contributed by atoms with E-state index in [4.69, 9.17) is 10.6 Å². The lowest BCUT2D eigenvalue weighted by molar-refractivity contribution is -0.00758. The summed E-state index contributed by atoms with van der Waals surface area (Å²) in [6, 6.07) is 5.06. The molecule has 5 heteroatoms. The van der Waals surface area contributed by atoms with E-state index >= 15 is 0 Å². The van der Waals surface area contributed by atoms with Crippen molar-refractivity contribution in [1.29, 1.82) is 0 Å². The molecule has 0 spiro atoms. The number of hydrazine groups is 1. The molecule has 3 nitrogen and oxygen atoms in total. The first-order valence-electron chi connectivity index (χ1n) is 6.22. The third kappa shape index (κ3) is 3.51. The number of rotatable bonds is 4. The van der Waals surface area contributed by atoms with Crippen molar-refractivity contribution in [3.63, 3.8) is 0 Å². The highest BCUT2D eigenvalue weighted by Crippen LogP contribution is 2.21. The Morgan fingerprint density at radius 2 is 2.33 bits per heavy atom. The Labute approximate surface area is 115 Å². The first kappa shape index (κ1) is 13.9. The normalized spacial score (nSPS) is 21.8. The monoisotopic (exact) mass is 316 g/mol. The molecule has 0 amide bonds. The van der Waals surface area contributed by atoms with E-state index < -0.39 is 0 Å². The maximum Gasteiger partial charge on any atom is 0.127 e. The Morgan fingerprint density at radius 3 is 2.94 bits per heavy atom. The van der Waals surface area contributed by atoms with Crippen LogP contribution in [-0.2, 0) is 11.2 Å². The van der Waals surface area contributed by atoms with Gasteiger partial charge in [0, 0.05) is 11.1 Å². The fraction of sp³-hybridized carbons (Fsp3) is 0.538. The second-order valence-corrected chi connectivity index (χ2v) is 5.53. The topological polar surface area (TPSA) is 47.3 Å². The lowest BCUT2D eigenvalue weighted by Gasteiger charge is -2.30. The van der Waals surface area contributed by atoms with E-state index in [0.29, 0.717) is 12.0 Å². The van der Waals surface area contributed by atoms with E-state index in [9.17, 15) is 4.39 Å². The van der Waals surface area contributed by atoms with Crippen LogP contribution in [0.2, 0.25) is 0 Å². The van der Waals surface area contributed by atoms with Crippen molar-refractivity contribution in [2.24, 2.45) is 5.84 Å². The van der Waals surface area contributed by atoms with Crippen LogP contribution in [0.1, 0.15) is 24.8 Å². The van der Waals surface area contributed by atoms with Gasteiger partial charge in [0.25, 0.3) is 0 Å². The van der Waals surface area contributed by atoms with Crippen LogP contribution in [-0.4, -0.2) is 18.8 Å². The molecule has 2 unspecified atom stereocenters. The van der Waals surface area contributed by atoms with E-state index in [1.165, 1.54) is 6.07 Å². The van der Waals surface area contributed by atoms with Crippen molar-refractivity contribution in [2.45, 2.75) is 37.8 Å². The van der Waals surface area contributed by atoms with Crippen LogP contribution in [0.5, 0.6) is 0 Å². The Hall–Kier alpha value is -0.490. The SMILES string of the molecule is NNC(Cc1ccc(Br)cc1F)C1CCCCO1. The zero-order valence-corrected chi connectivity index (χ0v) is 11.7. The van der Waals surface area contributed by atoms with Crippen LogP contribution in [0.3, 0.4) is 0 Å². The van der Waals surface area contributed by atoms with Crippen LogP contribution in [0.25, 0.3) is 0 Å². The number of ether oxygens (including phenoxy) is 1. The van der Waals surface area contributed by atoms with E-state index in [0.717, 1.165) is 30.3 Å². The summed E-state index contributed by atoms with van der Waals surface area (Å²) in [6.07, 6.45) is 3.84. The third-order valence-electron chi connectivity index (χ3n) is 3.33. The second-order valence-electron chi connectivity index (χ2n) is 4.62. The Kier molecular flexibility index (Phi) is 5.12. The van der Waals surface area contributed by atoms with E-state index in [-0.39, 0.29) is 18.0 Å². The molecule has 1 saturated heterocycles. The van der Waals surface area contributed by atoms with E-state index in [2.05, 4.69) is 21.4 Å². The van der Waals surface area contributed by atoms with Gasteiger partial charge < -0.3 is 4.74 Å². The number of nitrogens with one attached hydrogen (secondary N) is 1. The van der Waals surface area contributed by atoms with Crippen LogP contribution in [0, 0.1) is 5.82 Å². The number of halogens is 2. The molecule has 0 aliphatic carbocycles. The first-order valence-corrected chi connectivity index (χ1v) is 7.01. The average molecular weight is 317 g/mol. The standard InChI is InChI=1S/C13H18BrFN2O/c14-10-5-4-9(11(15)8-10)7-12(17-16)13-3-1-2-6-18-13/h4-5,8,12-13,17H,1-3,6-7,16H2. The zero-order valence-electron chi connectivity index (χ0n) is 10.2. The smallest absolute Gasteiger partial charge is 0.127 e. The fourth-order valence-corrected chi connectivity index (χ4v) is 2.64. The highest BCUT2D eigenvalue weighted by atomic mass is 79.9. The molecule has 0 bridgehead atoms. The molecule has 18 heavy (non-hydrogen) atoms. The second kappa shape index (κ2) is 6.61. The zero-order chi connectivity index (χ0) is 13.0. The van der Waals surface area contributed by atoms with Crippen molar-refractivity contribution >= 4 is 15.9 Å². The summed E-state index contributed by atoms with van der Waals surface area (Å²) < 4.78 is 20.2. The van der Waals surface area contributed by atoms with Gasteiger partial charge in [-0.15, -0.1) is 0 Å². The molecular weight excluding hydrogens is 299 g/mol. The molecule has 2 atom stereocenters. The molecular formula is C13H18BrFN2O. The molecule has 1 fully saturated rings. The van der Waals surface area contributed by atoms with E-state index in [1.807, 2.05) is 6.07 Å². The molecule has 1 heterocycles. The van der Waals surface area contributed by atoms with Crippen LogP contribution < -0.4 is 11.3 Å². The van der Waals surface area contributed by atoms with Gasteiger partial charge in [0.1, 0.15) is 5.82 Å². The number of benzene rings is 1. The lowest BCUT2D eigenvalue weighted by atomic mass is 9.96. The predicted molar refractivity (Wildman–Crippen MR) is 72.5 cm³/mol. The van der Waals surface area contributed by atoms with Crippen molar-refractivity contribution in [2.75, 3.05) is 6.61 Å². The molecule has 100 valence electrons. The molecule has 0 radical (unpaired) electrons. The summed E-state index contributed by atoms with van der Waals surface area (Å²) in [7, 11) is 0. The summed E-state index contributed by atoms with van der Waals surface area (Å²) in [5, 5.41) is 0. The quantitative estimate of drug-likeness (QED) is 0.663. The van der Waals surface area contributed by atoms with Gasteiger partial charge in [0.15, 0.2) is 0 Å². The highest BCUT2D eigenvalue weighted by molar-refractivity contribution is 9.10. The largest absolute Gasteiger partial charge is 0.377 e. The number of hydrogen-bond acceptors (Lipinski definition) is 3. The third-order valence-corrected chi connectivity index (χ3v) is 3.83. The molecule has 1 aromatic rings. The predicted octanol–water partition coefficient (Wildman–Crippen LogP) is 2.53. The molecule has 1 aliphatic heterocycles. The van der Waals surface area contributed by atoms with E-state index in [1.54, 1.807) is 6.07 Å². The number of nitrogens with two attached hydrogens (primary N) is 1. The molecule has 3 N–H and O–H groups in total. The molecule has 0 aromatic heterocycles. The van der Waals surface area contributed by atoms with Gasteiger partial charge in [-0.1, -0.05) is 22.0 Å². The van der Waals surface area contributed by atoms with Crippen LogP contribution in [0.4, 0.5) is 4.39 Å². The minimum Gasteiger partial charge on any atom is -0.377 e. The highest BCUT2D eigenvalue weighted by Gasteiger charge is 2.24. The summed E-state index contributed by atoms with van der Waals surface area (Å²) in [5.74, 6) is 5.36. The Morgan fingerprint density at radius 1 is 1.50 bits per heavy atom. The molecule has 1 aromatic carbocycles. The lowest BCUT2D eigenvalue weighted by Crippen LogP contribution is -2.47.